The van der Waals surface area contributed by atoms with E-state index in [9.17, 15) is 20.1 Å². The Morgan fingerprint density at radius 3 is 2.27 bits per heavy atom. The Kier molecular flexibility index (Phi) is 5.33. The first-order valence-electron chi connectivity index (χ1n) is 6.70. The van der Waals surface area contributed by atoms with E-state index in [0.717, 1.165) is 0 Å². The van der Waals surface area contributed by atoms with Gasteiger partial charge in [-0.25, -0.2) is 0 Å². The van der Waals surface area contributed by atoms with Gasteiger partial charge in [0.05, 0.1) is 13.0 Å². The summed E-state index contributed by atoms with van der Waals surface area (Å²) in [6, 6.07) is 6.10. The lowest BCUT2D eigenvalue weighted by atomic mass is 9.99. The van der Waals surface area contributed by atoms with E-state index in [2.05, 4.69) is 0 Å². The molecule has 0 saturated carbocycles. The summed E-state index contributed by atoms with van der Waals surface area (Å²) in [6.07, 6.45) is -6.88. The van der Waals surface area contributed by atoms with Crippen LogP contribution in [0.2, 0.25) is 0 Å². The standard InChI is InChI=1S/C14H18O8/c15-6-9-11(18)12(19)13(20)14(22-9)21-8-3-1-7(2-4-8)5-10(16)17/h1-4,9,11-15,18-20H,5-6H2,(H,16,17)/t9-,11-,12+,13-,14-/m1/s1. The van der Waals surface area contributed by atoms with E-state index < -0.39 is 43.3 Å². The van der Waals surface area contributed by atoms with Crippen LogP contribution in [0.3, 0.4) is 0 Å². The second-order valence-corrected chi connectivity index (χ2v) is 5.03. The Hall–Kier alpha value is -1.71. The van der Waals surface area contributed by atoms with Gasteiger partial charge in [-0.15, -0.1) is 0 Å². The molecule has 5 atom stereocenters. The third kappa shape index (κ3) is 3.73. The van der Waals surface area contributed by atoms with Crippen molar-refractivity contribution < 1.29 is 39.8 Å². The summed E-state index contributed by atoms with van der Waals surface area (Å²) in [5.74, 6) is -0.666. The molecule has 2 rings (SSSR count). The van der Waals surface area contributed by atoms with Crippen LogP contribution in [0.15, 0.2) is 24.3 Å². The number of hydrogen-bond acceptors (Lipinski definition) is 7. The average Bonchev–Trinajstić information content (AvgIpc) is 2.49. The molecule has 0 aliphatic carbocycles. The maximum atomic E-state index is 10.6. The van der Waals surface area contributed by atoms with Gasteiger partial charge in [-0.1, -0.05) is 12.1 Å². The van der Waals surface area contributed by atoms with Gasteiger partial charge in [0, 0.05) is 0 Å². The van der Waals surface area contributed by atoms with Crippen molar-refractivity contribution in [3.8, 4) is 5.75 Å². The average molecular weight is 314 g/mol. The molecule has 1 heterocycles. The zero-order valence-electron chi connectivity index (χ0n) is 11.6. The van der Waals surface area contributed by atoms with Gasteiger partial charge >= 0.3 is 5.97 Å². The molecule has 122 valence electrons. The van der Waals surface area contributed by atoms with Gasteiger partial charge in [-0.2, -0.15) is 0 Å². The number of aliphatic hydroxyl groups excluding tert-OH is 4. The SMILES string of the molecule is O=C(O)Cc1ccc(O[C@@H]2O[C@H](CO)[C@@H](O)[C@H](O)[C@H]2O)cc1. The van der Waals surface area contributed by atoms with Crippen LogP contribution in [0.1, 0.15) is 5.56 Å². The van der Waals surface area contributed by atoms with E-state index in [-0.39, 0.29) is 6.42 Å². The minimum absolute atomic E-state index is 0.125. The first-order valence-corrected chi connectivity index (χ1v) is 6.70. The van der Waals surface area contributed by atoms with Gasteiger partial charge in [-0.3, -0.25) is 4.79 Å². The van der Waals surface area contributed by atoms with E-state index in [0.29, 0.717) is 11.3 Å². The number of carboxylic acid groups (broad SMARTS) is 1. The summed E-state index contributed by atoms with van der Waals surface area (Å²) in [7, 11) is 0. The smallest absolute Gasteiger partial charge is 0.307 e. The lowest BCUT2D eigenvalue weighted by Gasteiger charge is -2.39. The first-order chi connectivity index (χ1) is 10.4. The highest BCUT2D eigenvalue weighted by atomic mass is 16.7. The van der Waals surface area contributed by atoms with Crippen LogP contribution >= 0.6 is 0 Å². The number of carboxylic acids is 1. The van der Waals surface area contributed by atoms with E-state index in [1.54, 1.807) is 12.1 Å². The Balaban J connectivity index is 2.04. The number of aliphatic carboxylic acids is 1. The third-order valence-corrected chi connectivity index (χ3v) is 3.38. The van der Waals surface area contributed by atoms with E-state index in [4.69, 9.17) is 19.7 Å². The molecule has 8 nitrogen and oxygen atoms in total. The Morgan fingerprint density at radius 2 is 1.73 bits per heavy atom. The molecule has 1 fully saturated rings. The minimum Gasteiger partial charge on any atom is -0.481 e. The fourth-order valence-electron chi connectivity index (χ4n) is 2.16. The fourth-order valence-corrected chi connectivity index (χ4v) is 2.16. The molecule has 0 bridgehead atoms. The normalized spacial score (nSPS) is 31.7. The van der Waals surface area contributed by atoms with E-state index in [1.165, 1.54) is 12.1 Å². The van der Waals surface area contributed by atoms with Crippen LogP contribution < -0.4 is 4.74 Å². The van der Waals surface area contributed by atoms with Crippen LogP contribution in [-0.4, -0.2) is 68.8 Å². The van der Waals surface area contributed by atoms with Gasteiger partial charge in [0.1, 0.15) is 30.2 Å². The third-order valence-electron chi connectivity index (χ3n) is 3.38. The minimum atomic E-state index is -1.51. The predicted molar refractivity (Wildman–Crippen MR) is 72.2 cm³/mol. The highest BCUT2D eigenvalue weighted by molar-refractivity contribution is 5.70. The number of benzene rings is 1. The van der Waals surface area contributed by atoms with Crippen molar-refractivity contribution in [1.29, 1.82) is 0 Å². The van der Waals surface area contributed by atoms with Crippen molar-refractivity contribution in [3.05, 3.63) is 29.8 Å². The second-order valence-electron chi connectivity index (χ2n) is 5.03. The van der Waals surface area contributed by atoms with Crippen LogP contribution in [0, 0.1) is 0 Å². The monoisotopic (exact) mass is 314 g/mol. The van der Waals surface area contributed by atoms with Crippen molar-refractivity contribution in [2.24, 2.45) is 0 Å². The van der Waals surface area contributed by atoms with Gasteiger partial charge in [0.25, 0.3) is 0 Å². The number of ether oxygens (including phenoxy) is 2. The van der Waals surface area contributed by atoms with E-state index in [1.807, 2.05) is 0 Å². The summed E-state index contributed by atoms with van der Waals surface area (Å²) in [5, 5.41) is 46.9. The number of rotatable bonds is 5. The largest absolute Gasteiger partial charge is 0.481 e. The molecule has 5 N–H and O–H groups in total. The molecule has 22 heavy (non-hydrogen) atoms. The topological polar surface area (TPSA) is 137 Å². The molecule has 0 unspecified atom stereocenters. The highest BCUT2D eigenvalue weighted by Crippen LogP contribution is 2.24. The summed E-state index contributed by atoms with van der Waals surface area (Å²) in [4.78, 5) is 10.6. The maximum Gasteiger partial charge on any atom is 0.307 e. The van der Waals surface area contributed by atoms with Crippen LogP contribution in [0.25, 0.3) is 0 Å². The Bertz CT molecular complexity index is 500. The van der Waals surface area contributed by atoms with Crippen molar-refractivity contribution in [2.45, 2.75) is 37.1 Å². The molecular weight excluding hydrogens is 296 g/mol. The molecular formula is C14H18O8. The molecule has 1 saturated heterocycles. The quantitative estimate of drug-likeness (QED) is 0.442. The van der Waals surface area contributed by atoms with Crippen LogP contribution in [0.5, 0.6) is 5.75 Å². The Morgan fingerprint density at radius 1 is 1.09 bits per heavy atom. The van der Waals surface area contributed by atoms with E-state index >= 15 is 0 Å². The predicted octanol–water partition coefficient (Wildman–Crippen LogP) is -1.51. The lowest BCUT2D eigenvalue weighted by molar-refractivity contribution is -0.277. The van der Waals surface area contributed by atoms with Gasteiger partial charge in [-0.05, 0) is 17.7 Å². The van der Waals surface area contributed by atoms with Crippen LogP contribution in [-0.2, 0) is 16.0 Å². The molecule has 8 heteroatoms. The second kappa shape index (κ2) is 7.03. The summed E-state index contributed by atoms with van der Waals surface area (Å²) >= 11 is 0. The Labute approximate surface area is 126 Å². The van der Waals surface area contributed by atoms with Crippen molar-refractivity contribution in [1.82, 2.24) is 0 Å². The molecule has 1 aromatic carbocycles. The summed E-state index contributed by atoms with van der Waals surface area (Å²) in [6.45, 7) is -0.539. The van der Waals surface area contributed by atoms with Crippen molar-refractivity contribution in [3.63, 3.8) is 0 Å². The first kappa shape index (κ1) is 16.7. The molecule has 1 aliphatic rings. The maximum absolute atomic E-state index is 10.6. The summed E-state index contributed by atoms with van der Waals surface area (Å²) in [5.41, 5.74) is 0.577. The molecule has 0 radical (unpaired) electrons. The number of carbonyl (C=O) groups is 1. The zero-order chi connectivity index (χ0) is 16.3. The zero-order valence-corrected chi connectivity index (χ0v) is 11.6. The van der Waals surface area contributed by atoms with Gasteiger partial charge in [0.2, 0.25) is 6.29 Å². The summed E-state index contributed by atoms with van der Waals surface area (Å²) < 4.78 is 10.6. The van der Waals surface area contributed by atoms with Crippen molar-refractivity contribution in [2.75, 3.05) is 6.61 Å². The van der Waals surface area contributed by atoms with Gasteiger partial charge < -0.3 is 35.0 Å². The number of aliphatic hydroxyl groups is 4. The highest BCUT2D eigenvalue weighted by Gasteiger charge is 2.44. The molecule has 1 aliphatic heterocycles. The van der Waals surface area contributed by atoms with Crippen LogP contribution in [0.4, 0.5) is 0 Å². The lowest BCUT2D eigenvalue weighted by Crippen LogP contribution is -2.60. The van der Waals surface area contributed by atoms with Crippen molar-refractivity contribution >= 4 is 5.97 Å². The van der Waals surface area contributed by atoms with Gasteiger partial charge in [0.15, 0.2) is 0 Å². The molecule has 0 aromatic heterocycles. The molecule has 0 spiro atoms. The fraction of sp³-hybridized carbons (Fsp3) is 0.500. The number of hydrogen-bond donors (Lipinski definition) is 5. The molecule has 0 amide bonds. The molecule has 1 aromatic rings.